The van der Waals surface area contributed by atoms with Gasteiger partial charge in [0.15, 0.2) is 0 Å². The number of halogens is 2. The van der Waals surface area contributed by atoms with Crippen LogP contribution in [0.3, 0.4) is 0 Å². The van der Waals surface area contributed by atoms with Crippen molar-refractivity contribution in [3.8, 4) is 0 Å². The molecule has 6 rings (SSSR count). The molecule has 10 heteroatoms. The van der Waals surface area contributed by atoms with Gasteiger partial charge in [0.2, 0.25) is 0 Å². The Morgan fingerprint density at radius 2 is 1.42 bits per heavy atom. The highest BCUT2D eigenvalue weighted by Crippen LogP contribution is 2.31. The van der Waals surface area contributed by atoms with Gasteiger partial charge in [-0.25, -0.2) is 4.98 Å². The monoisotopic (exact) mass is 640 g/mol. The topological polar surface area (TPSA) is 83.4 Å². The number of aryl methyl sites for hydroxylation is 1. The molecule has 0 unspecified atom stereocenters. The van der Waals surface area contributed by atoms with Gasteiger partial charge < -0.3 is 14.8 Å². The third-order valence-corrected chi connectivity index (χ3v) is 8.88. The second-order valence-electron chi connectivity index (χ2n) is 11.2. The van der Waals surface area contributed by atoms with Gasteiger partial charge in [-0.15, -0.1) is 0 Å². The predicted octanol–water partition coefficient (Wildman–Crippen LogP) is 6.75. The fourth-order valence-corrected chi connectivity index (χ4v) is 6.50. The van der Waals surface area contributed by atoms with Crippen molar-refractivity contribution in [1.82, 2.24) is 24.3 Å². The second-order valence-corrected chi connectivity index (χ2v) is 12.0. The van der Waals surface area contributed by atoms with Crippen molar-refractivity contribution in [2.45, 2.75) is 25.4 Å². The van der Waals surface area contributed by atoms with E-state index in [-0.39, 0.29) is 21.8 Å². The average Bonchev–Trinajstić information content (AvgIpc) is 3.44. The minimum Gasteiger partial charge on any atom is -0.332 e. The molecular formula is C35H34Cl2N6O2. The number of benzene rings is 2. The van der Waals surface area contributed by atoms with Crippen LogP contribution in [0.25, 0.3) is 11.0 Å². The Hall–Kier alpha value is -4.08. The summed E-state index contributed by atoms with van der Waals surface area (Å²) >= 11 is 12.3. The number of piperazine rings is 1. The zero-order valence-corrected chi connectivity index (χ0v) is 26.3. The van der Waals surface area contributed by atoms with E-state index in [4.69, 9.17) is 23.2 Å². The maximum absolute atomic E-state index is 13.2. The van der Waals surface area contributed by atoms with Crippen molar-refractivity contribution in [3.63, 3.8) is 0 Å². The highest BCUT2D eigenvalue weighted by Gasteiger charge is 2.27. The smallest absolute Gasteiger partial charge is 0.296 e. The zero-order chi connectivity index (χ0) is 31.2. The first-order chi connectivity index (χ1) is 22.0. The van der Waals surface area contributed by atoms with Gasteiger partial charge in [-0.3, -0.25) is 19.5 Å². The number of hydrogen-bond donors (Lipinski definition) is 1. The van der Waals surface area contributed by atoms with Crippen molar-refractivity contribution >= 4 is 51.6 Å². The second kappa shape index (κ2) is 14.3. The standard InChI is InChI=1S/C35H34Cl2N6O2/c36-29-22-38-23-30(37)31(29)40-35(45)33(44)28-24-43(34-27(28)14-9-15-39-34)17-8-7-16-41-18-20-42(21-19-41)32(25-10-3-1-4-11-25)26-12-5-2-6-13-26/h1-6,9-15,22-24,32H,7-8,16-21H2,(H,38,40,45). The summed E-state index contributed by atoms with van der Waals surface area (Å²) in [4.78, 5) is 39.6. The van der Waals surface area contributed by atoms with E-state index in [2.05, 4.69) is 85.7 Å². The third kappa shape index (κ3) is 7.10. The number of ketones is 1. The quantitative estimate of drug-likeness (QED) is 0.0977. The molecule has 1 amide bonds. The van der Waals surface area contributed by atoms with Crippen LogP contribution >= 0.6 is 23.2 Å². The first-order valence-electron chi connectivity index (χ1n) is 15.1. The summed E-state index contributed by atoms with van der Waals surface area (Å²) in [5.41, 5.74) is 3.77. The third-order valence-electron chi connectivity index (χ3n) is 8.30. The number of nitrogens with one attached hydrogen (secondary N) is 1. The number of fused-ring (bicyclic) bond motifs is 1. The molecule has 4 heterocycles. The van der Waals surface area contributed by atoms with Crippen molar-refractivity contribution in [3.05, 3.63) is 124 Å². The van der Waals surface area contributed by atoms with E-state index in [0.717, 1.165) is 45.6 Å². The van der Waals surface area contributed by atoms with E-state index in [1.807, 2.05) is 10.6 Å². The molecule has 45 heavy (non-hydrogen) atoms. The summed E-state index contributed by atoms with van der Waals surface area (Å²) in [6, 6.07) is 25.3. The van der Waals surface area contributed by atoms with Gasteiger partial charge in [-0.2, -0.15) is 0 Å². The van der Waals surface area contributed by atoms with Crippen molar-refractivity contribution in [2.24, 2.45) is 0 Å². The molecule has 230 valence electrons. The van der Waals surface area contributed by atoms with Crippen LogP contribution in [0.1, 0.15) is 40.4 Å². The van der Waals surface area contributed by atoms with Crippen LogP contribution in [-0.4, -0.2) is 68.7 Å². The molecule has 2 aromatic carbocycles. The minimum atomic E-state index is -0.825. The number of carbonyl (C=O) groups excluding carboxylic acids is 2. The van der Waals surface area contributed by atoms with E-state index >= 15 is 0 Å². The van der Waals surface area contributed by atoms with E-state index in [0.29, 0.717) is 23.1 Å². The average molecular weight is 642 g/mol. The molecule has 0 spiro atoms. The number of Topliss-reactive ketones (excluding diaryl/α,β-unsaturated/α-hetero) is 1. The summed E-state index contributed by atoms with van der Waals surface area (Å²) in [5.74, 6) is -1.51. The van der Waals surface area contributed by atoms with Crippen LogP contribution in [0.4, 0.5) is 5.69 Å². The number of hydrogen-bond acceptors (Lipinski definition) is 6. The lowest BCUT2D eigenvalue weighted by Gasteiger charge is -2.39. The highest BCUT2D eigenvalue weighted by atomic mass is 35.5. The van der Waals surface area contributed by atoms with E-state index in [9.17, 15) is 9.59 Å². The van der Waals surface area contributed by atoms with Crippen molar-refractivity contribution in [1.29, 1.82) is 0 Å². The Balaban J connectivity index is 1.05. The molecule has 0 aliphatic carbocycles. The number of unbranched alkanes of at least 4 members (excludes halogenated alkanes) is 1. The van der Waals surface area contributed by atoms with Gasteiger partial charge in [0, 0.05) is 62.9 Å². The van der Waals surface area contributed by atoms with Gasteiger partial charge in [0.05, 0.1) is 27.3 Å². The van der Waals surface area contributed by atoms with Gasteiger partial charge in [-0.05, 0) is 42.6 Å². The number of aromatic nitrogens is 3. The van der Waals surface area contributed by atoms with Crippen LogP contribution in [-0.2, 0) is 11.3 Å². The number of amides is 1. The number of carbonyl (C=O) groups is 2. The number of nitrogens with zero attached hydrogens (tertiary/aromatic N) is 5. The number of anilines is 1. The Kier molecular flexibility index (Phi) is 9.86. The van der Waals surface area contributed by atoms with E-state index in [1.165, 1.54) is 23.5 Å². The van der Waals surface area contributed by atoms with Crippen LogP contribution in [0.2, 0.25) is 10.0 Å². The Labute approximate surface area is 272 Å². The zero-order valence-electron chi connectivity index (χ0n) is 24.8. The summed E-state index contributed by atoms with van der Waals surface area (Å²) in [7, 11) is 0. The van der Waals surface area contributed by atoms with Gasteiger partial charge in [-0.1, -0.05) is 83.9 Å². The van der Waals surface area contributed by atoms with Crippen LogP contribution in [0, 0.1) is 0 Å². The Morgan fingerprint density at radius 3 is 2.07 bits per heavy atom. The maximum Gasteiger partial charge on any atom is 0.296 e. The fraction of sp³-hybridized carbons (Fsp3) is 0.257. The molecule has 0 radical (unpaired) electrons. The molecule has 1 N–H and O–H groups in total. The summed E-state index contributed by atoms with van der Waals surface area (Å²) in [6.45, 7) is 5.74. The molecule has 0 bridgehead atoms. The largest absolute Gasteiger partial charge is 0.332 e. The van der Waals surface area contributed by atoms with Gasteiger partial charge >= 0.3 is 0 Å². The van der Waals surface area contributed by atoms with Crippen molar-refractivity contribution in [2.75, 3.05) is 38.0 Å². The molecule has 1 fully saturated rings. The maximum atomic E-state index is 13.2. The molecule has 1 saturated heterocycles. The van der Waals surface area contributed by atoms with Crippen LogP contribution in [0.15, 0.2) is 97.6 Å². The molecular weight excluding hydrogens is 607 g/mol. The lowest BCUT2D eigenvalue weighted by Crippen LogP contribution is -2.48. The molecule has 1 aliphatic heterocycles. The normalized spacial score (nSPS) is 14.2. The molecule has 8 nitrogen and oxygen atoms in total. The Morgan fingerprint density at radius 1 is 0.800 bits per heavy atom. The summed E-state index contributed by atoms with van der Waals surface area (Å²) in [6.07, 6.45) is 8.06. The van der Waals surface area contributed by atoms with Crippen molar-refractivity contribution < 1.29 is 9.59 Å². The lowest BCUT2D eigenvalue weighted by molar-refractivity contribution is -0.112. The minimum absolute atomic E-state index is 0.154. The summed E-state index contributed by atoms with van der Waals surface area (Å²) in [5, 5.41) is 3.48. The van der Waals surface area contributed by atoms with Gasteiger partial charge in [0.1, 0.15) is 5.65 Å². The number of pyridine rings is 2. The van der Waals surface area contributed by atoms with Crippen LogP contribution < -0.4 is 5.32 Å². The van der Waals surface area contributed by atoms with Crippen LogP contribution in [0.5, 0.6) is 0 Å². The lowest BCUT2D eigenvalue weighted by atomic mass is 9.96. The molecule has 3 aromatic heterocycles. The molecule has 0 saturated carbocycles. The summed E-state index contributed by atoms with van der Waals surface area (Å²) < 4.78 is 1.96. The molecule has 0 atom stereocenters. The first kappa shape index (κ1) is 30.9. The predicted molar refractivity (Wildman–Crippen MR) is 179 cm³/mol. The van der Waals surface area contributed by atoms with E-state index < -0.39 is 11.7 Å². The molecule has 1 aliphatic rings. The fourth-order valence-electron chi connectivity index (χ4n) is 6.04. The highest BCUT2D eigenvalue weighted by molar-refractivity contribution is 6.50. The number of rotatable bonds is 11. The van der Waals surface area contributed by atoms with E-state index in [1.54, 1.807) is 18.5 Å². The first-order valence-corrected chi connectivity index (χ1v) is 15.9. The Bertz CT molecular complexity index is 1710. The molecule has 5 aromatic rings. The van der Waals surface area contributed by atoms with Gasteiger partial charge in [0.25, 0.3) is 11.7 Å². The SMILES string of the molecule is O=C(Nc1c(Cl)cncc1Cl)C(=O)c1cn(CCCCN2CCN(C(c3ccccc3)c3ccccc3)CC2)c2ncccc12.